The summed E-state index contributed by atoms with van der Waals surface area (Å²) in [6, 6.07) is 5.10. The zero-order valence-electron chi connectivity index (χ0n) is 13.6. The number of aromatic nitrogens is 3. The average molecular weight is 342 g/mol. The molecule has 1 atom stereocenters. The first-order valence-corrected chi connectivity index (χ1v) is 8.05. The van der Waals surface area contributed by atoms with Crippen LogP contribution in [0.3, 0.4) is 0 Å². The molecule has 0 aliphatic carbocycles. The van der Waals surface area contributed by atoms with Crippen LogP contribution in [0.4, 0.5) is 8.78 Å². The summed E-state index contributed by atoms with van der Waals surface area (Å²) in [5, 5.41) is 0. The Morgan fingerprint density at radius 3 is 2.84 bits per heavy atom. The summed E-state index contributed by atoms with van der Waals surface area (Å²) in [4.78, 5) is 23.0. The van der Waals surface area contributed by atoms with E-state index in [-0.39, 0.29) is 17.4 Å². The number of likely N-dealkylation sites (tertiary alicyclic amines) is 1. The quantitative estimate of drug-likeness (QED) is 0.720. The first-order chi connectivity index (χ1) is 12.0. The maximum atomic E-state index is 13.4. The predicted molar refractivity (Wildman–Crippen MR) is 88.1 cm³/mol. The molecule has 2 aromatic heterocycles. The Bertz CT molecular complexity index is 969. The van der Waals surface area contributed by atoms with Crippen molar-refractivity contribution in [3.05, 3.63) is 59.7 Å². The van der Waals surface area contributed by atoms with Crippen LogP contribution in [0.15, 0.2) is 36.7 Å². The Morgan fingerprint density at radius 1 is 1.24 bits per heavy atom. The van der Waals surface area contributed by atoms with Crippen molar-refractivity contribution in [3.8, 4) is 0 Å². The van der Waals surface area contributed by atoms with Crippen molar-refractivity contribution >= 4 is 16.9 Å². The summed E-state index contributed by atoms with van der Waals surface area (Å²) in [7, 11) is 1.94. The van der Waals surface area contributed by atoms with Crippen LogP contribution in [-0.4, -0.2) is 38.4 Å². The third-order valence-corrected chi connectivity index (χ3v) is 4.72. The monoisotopic (exact) mass is 342 g/mol. The summed E-state index contributed by atoms with van der Waals surface area (Å²) in [6.45, 7) is 1.06. The number of hydrogen-bond acceptors (Lipinski definition) is 3. The minimum Gasteiger partial charge on any atom is -0.338 e. The van der Waals surface area contributed by atoms with Gasteiger partial charge in [0.05, 0.1) is 17.2 Å². The molecule has 0 unspecified atom stereocenters. The van der Waals surface area contributed by atoms with E-state index in [1.54, 1.807) is 17.3 Å². The number of amides is 1. The highest BCUT2D eigenvalue weighted by Gasteiger charge is 2.31. The molecule has 3 aromatic rings. The molecule has 5 nitrogen and oxygen atoms in total. The lowest BCUT2D eigenvalue weighted by atomic mass is 10.1. The molecule has 0 radical (unpaired) electrons. The zero-order chi connectivity index (χ0) is 17.6. The van der Waals surface area contributed by atoms with E-state index in [2.05, 4.69) is 9.97 Å². The first kappa shape index (κ1) is 15.7. The maximum absolute atomic E-state index is 13.4. The number of rotatable bonds is 2. The normalized spacial score (nSPS) is 17.4. The number of fused-ring (bicyclic) bond motifs is 1. The Labute approximate surface area is 142 Å². The Balaban J connectivity index is 1.57. The fourth-order valence-electron chi connectivity index (χ4n) is 3.39. The van der Waals surface area contributed by atoms with Gasteiger partial charge in [0, 0.05) is 37.8 Å². The fraction of sp³-hybridized carbons (Fsp3) is 0.278. The van der Waals surface area contributed by atoms with Gasteiger partial charge in [-0.3, -0.25) is 9.78 Å². The summed E-state index contributed by atoms with van der Waals surface area (Å²) in [6.07, 6.45) is 4.25. The third kappa shape index (κ3) is 2.65. The number of nitrogens with zero attached hydrogens (tertiary/aromatic N) is 4. The standard InChI is InChI=1S/C18H16F2N4O/c1-23-16-9-21-6-4-15(16)22-17(23)12-5-7-24(10-12)18(25)11-2-3-13(19)14(20)8-11/h2-4,6,8-9,12H,5,7,10H2,1H3/t12-/m0/s1. The van der Waals surface area contributed by atoms with Crippen LogP contribution >= 0.6 is 0 Å². The van der Waals surface area contributed by atoms with Crippen molar-refractivity contribution in [1.82, 2.24) is 19.4 Å². The van der Waals surface area contributed by atoms with Gasteiger partial charge in [0.15, 0.2) is 11.6 Å². The molecule has 3 heterocycles. The topological polar surface area (TPSA) is 51.0 Å². The number of carbonyl (C=O) groups excluding carboxylic acids is 1. The zero-order valence-corrected chi connectivity index (χ0v) is 13.6. The van der Waals surface area contributed by atoms with Gasteiger partial charge in [-0.15, -0.1) is 0 Å². The lowest BCUT2D eigenvalue weighted by Gasteiger charge is -2.16. The molecule has 0 spiro atoms. The van der Waals surface area contributed by atoms with E-state index in [4.69, 9.17) is 0 Å². The number of halogens is 2. The number of carbonyl (C=O) groups is 1. The lowest BCUT2D eigenvalue weighted by molar-refractivity contribution is 0.0790. The van der Waals surface area contributed by atoms with Crippen LogP contribution in [0.25, 0.3) is 11.0 Å². The number of aryl methyl sites for hydroxylation is 1. The van der Waals surface area contributed by atoms with E-state index < -0.39 is 11.6 Å². The van der Waals surface area contributed by atoms with Crippen molar-refractivity contribution < 1.29 is 13.6 Å². The minimum absolute atomic E-state index is 0.103. The maximum Gasteiger partial charge on any atom is 0.253 e. The highest BCUT2D eigenvalue weighted by atomic mass is 19.2. The average Bonchev–Trinajstić information content (AvgIpc) is 3.22. The van der Waals surface area contributed by atoms with Gasteiger partial charge < -0.3 is 9.47 Å². The smallest absolute Gasteiger partial charge is 0.253 e. The van der Waals surface area contributed by atoms with E-state index in [1.807, 2.05) is 17.7 Å². The van der Waals surface area contributed by atoms with Gasteiger partial charge in [-0.2, -0.15) is 0 Å². The van der Waals surface area contributed by atoms with Crippen molar-refractivity contribution in [2.75, 3.05) is 13.1 Å². The SMILES string of the molecule is Cn1c([C@H]2CCN(C(=O)c3ccc(F)c(F)c3)C2)nc2ccncc21. The van der Waals surface area contributed by atoms with E-state index in [9.17, 15) is 13.6 Å². The van der Waals surface area contributed by atoms with Crippen molar-refractivity contribution in [1.29, 1.82) is 0 Å². The number of benzene rings is 1. The molecule has 1 aliphatic heterocycles. The molecule has 7 heteroatoms. The van der Waals surface area contributed by atoms with Gasteiger partial charge >= 0.3 is 0 Å². The summed E-state index contributed by atoms with van der Waals surface area (Å²) in [5.74, 6) is -1.24. The summed E-state index contributed by atoms with van der Waals surface area (Å²) >= 11 is 0. The van der Waals surface area contributed by atoms with Gasteiger partial charge in [-0.25, -0.2) is 13.8 Å². The second-order valence-corrected chi connectivity index (χ2v) is 6.26. The largest absolute Gasteiger partial charge is 0.338 e. The van der Waals surface area contributed by atoms with Gasteiger partial charge in [-0.1, -0.05) is 0 Å². The Hall–Kier alpha value is -2.83. The van der Waals surface area contributed by atoms with E-state index in [1.165, 1.54) is 6.07 Å². The van der Waals surface area contributed by atoms with E-state index in [0.29, 0.717) is 13.1 Å². The van der Waals surface area contributed by atoms with Crippen LogP contribution in [0.5, 0.6) is 0 Å². The molecule has 25 heavy (non-hydrogen) atoms. The molecule has 0 N–H and O–H groups in total. The van der Waals surface area contributed by atoms with Crippen LogP contribution in [0.1, 0.15) is 28.5 Å². The van der Waals surface area contributed by atoms with Crippen molar-refractivity contribution in [3.63, 3.8) is 0 Å². The minimum atomic E-state index is -1.01. The van der Waals surface area contributed by atoms with E-state index in [0.717, 1.165) is 35.4 Å². The molecular weight excluding hydrogens is 326 g/mol. The van der Waals surface area contributed by atoms with Gasteiger partial charge in [-0.05, 0) is 30.7 Å². The van der Waals surface area contributed by atoms with Crippen molar-refractivity contribution in [2.24, 2.45) is 7.05 Å². The van der Waals surface area contributed by atoms with Gasteiger partial charge in [0.1, 0.15) is 5.82 Å². The molecule has 0 bridgehead atoms. The van der Waals surface area contributed by atoms with Crippen LogP contribution < -0.4 is 0 Å². The second kappa shape index (κ2) is 5.91. The molecule has 4 rings (SSSR count). The van der Waals surface area contributed by atoms with Crippen LogP contribution in [-0.2, 0) is 7.05 Å². The molecule has 0 saturated carbocycles. The number of imidazole rings is 1. The van der Waals surface area contributed by atoms with Crippen LogP contribution in [0, 0.1) is 11.6 Å². The molecule has 1 saturated heterocycles. The van der Waals surface area contributed by atoms with Gasteiger partial charge in [0.25, 0.3) is 5.91 Å². The molecule has 1 amide bonds. The molecule has 1 aliphatic rings. The first-order valence-electron chi connectivity index (χ1n) is 8.05. The van der Waals surface area contributed by atoms with Crippen molar-refractivity contribution in [2.45, 2.75) is 12.3 Å². The predicted octanol–water partition coefficient (Wildman–Crippen LogP) is 2.88. The van der Waals surface area contributed by atoms with E-state index >= 15 is 0 Å². The Morgan fingerprint density at radius 2 is 2.08 bits per heavy atom. The number of hydrogen-bond donors (Lipinski definition) is 0. The molecule has 1 fully saturated rings. The lowest BCUT2D eigenvalue weighted by Crippen LogP contribution is -2.28. The highest BCUT2D eigenvalue weighted by Crippen LogP contribution is 2.29. The second-order valence-electron chi connectivity index (χ2n) is 6.26. The van der Waals surface area contributed by atoms with Gasteiger partial charge in [0.2, 0.25) is 0 Å². The molecule has 1 aromatic carbocycles. The number of pyridine rings is 1. The summed E-state index contributed by atoms with van der Waals surface area (Å²) < 4.78 is 28.4. The molecule has 128 valence electrons. The fourth-order valence-corrected chi connectivity index (χ4v) is 3.39. The Kier molecular flexibility index (Phi) is 3.71. The summed E-state index contributed by atoms with van der Waals surface area (Å²) in [5.41, 5.74) is 1.98. The third-order valence-electron chi connectivity index (χ3n) is 4.72. The highest BCUT2D eigenvalue weighted by molar-refractivity contribution is 5.94. The van der Waals surface area contributed by atoms with Crippen LogP contribution in [0.2, 0.25) is 0 Å². The molecular formula is C18H16F2N4O.